The van der Waals surface area contributed by atoms with E-state index in [4.69, 9.17) is 0 Å². The van der Waals surface area contributed by atoms with Gasteiger partial charge < -0.3 is 4.57 Å². The van der Waals surface area contributed by atoms with Gasteiger partial charge in [0.2, 0.25) is 0 Å². The SMILES string of the molecule is CCn1c2ccc(C(=O)c3ccc(C(C)(C)C)cc3)cc2c2cc([N+](=O)[O-])ccc21. The quantitative estimate of drug-likeness (QED) is 0.231. The normalized spacial score (nSPS) is 11.9. The minimum absolute atomic E-state index is 0.0250. The van der Waals surface area contributed by atoms with Crippen LogP contribution in [0.2, 0.25) is 0 Å². The van der Waals surface area contributed by atoms with E-state index in [9.17, 15) is 14.9 Å². The number of carbonyl (C=O) groups excluding carboxylic acids is 1. The molecule has 0 atom stereocenters. The van der Waals surface area contributed by atoms with Crippen molar-refractivity contribution >= 4 is 33.3 Å². The number of aryl methyl sites for hydroxylation is 1. The van der Waals surface area contributed by atoms with E-state index in [1.165, 1.54) is 11.6 Å². The van der Waals surface area contributed by atoms with E-state index >= 15 is 0 Å². The van der Waals surface area contributed by atoms with Crippen molar-refractivity contribution in [2.24, 2.45) is 0 Å². The summed E-state index contributed by atoms with van der Waals surface area (Å²) in [5.41, 5.74) is 4.35. The van der Waals surface area contributed by atoms with Crippen LogP contribution in [-0.4, -0.2) is 15.3 Å². The van der Waals surface area contributed by atoms with E-state index in [0.717, 1.165) is 28.4 Å². The van der Waals surface area contributed by atoms with E-state index in [-0.39, 0.29) is 21.8 Å². The molecular weight excluding hydrogens is 376 g/mol. The summed E-state index contributed by atoms with van der Waals surface area (Å²) in [4.78, 5) is 24.0. The number of carbonyl (C=O) groups is 1. The van der Waals surface area contributed by atoms with Crippen LogP contribution in [-0.2, 0) is 12.0 Å². The van der Waals surface area contributed by atoms with Crippen LogP contribution < -0.4 is 0 Å². The Balaban J connectivity index is 1.84. The lowest BCUT2D eigenvalue weighted by atomic mass is 9.86. The number of aromatic nitrogens is 1. The molecule has 1 aromatic heterocycles. The third kappa shape index (κ3) is 3.26. The third-order valence-corrected chi connectivity index (χ3v) is 5.65. The van der Waals surface area contributed by atoms with Gasteiger partial charge in [-0.2, -0.15) is 0 Å². The number of non-ortho nitro benzene ring substituents is 1. The Kier molecular flexibility index (Phi) is 4.69. The molecule has 5 nitrogen and oxygen atoms in total. The van der Waals surface area contributed by atoms with Crippen LogP contribution in [0.5, 0.6) is 0 Å². The van der Waals surface area contributed by atoms with Crippen molar-refractivity contribution in [1.82, 2.24) is 4.57 Å². The predicted octanol–water partition coefficient (Wildman–Crippen LogP) is 6.25. The molecule has 0 aliphatic carbocycles. The first-order chi connectivity index (χ1) is 14.2. The number of fused-ring (bicyclic) bond motifs is 3. The molecule has 0 amide bonds. The second-order valence-electron chi connectivity index (χ2n) is 8.59. The van der Waals surface area contributed by atoms with Gasteiger partial charge in [0.05, 0.1) is 4.92 Å². The van der Waals surface area contributed by atoms with Gasteiger partial charge in [0.1, 0.15) is 0 Å². The molecule has 0 aliphatic heterocycles. The smallest absolute Gasteiger partial charge is 0.270 e. The molecule has 30 heavy (non-hydrogen) atoms. The molecule has 0 radical (unpaired) electrons. The Morgan fingerprint density at radius 2 is 1.47 bits per heavy atom. The standard InChI is InChI=1S/C25H24N2O3/c1-5-26-22-12-8-17(24(28)16-6-9-18(10-7-16)25(2,3)4)14-20(22)21-15-19(27(29)30)11-13-23(21)26/h6-15H,5H2,1-4H3. The lowest BCUT2D eigenvalue weighted by molar-refractivity contribution is -0.384. The fourth-order valence-electron chi connectivity index (χ4n) is 3.98. The summed E-state index contributed by atoms with van der Waals surface area (Å²) < 4.78 is 2.11. The number of hydrogen-bond acceptors (Lipinski definition) is 3. The van der Waals surface area contributed by atoms with Crippen molar-refractivity contribution in [2.45, 2.75) is 39.7 Å². The van der Waals surface area contributed by atoms with Crippen molar-refractivity contribution in [3.8, 4) is 0 Å². The minimum atomic E-state index is -0.389. The molecule has 0 bridgehead atoms. The van der Waals surface area contributed by atoms with Gasteiger partial charge >= 0.3 is 0 Å². The van der Waals surface area contributed by atoms with Crippen molar-refractivity contribution in [1.29, 1.82) is 0 Å². The van der Waals surface area contributed by atoms with E-state index in [0.29, 0.717) is 11.1 Å². The second-order valence-corrected chi connectivity index (χ2v) is 8.59. The van der Waals surface area contributed by atoms with Crippen LogP contribution in [0.25, 0.3) is 21.8 Å². The van der Waals surface area contributed by atoms with Crippen molar-refractivity contribution < 1.29 is 9.72 Å². The lowest BCUT2D eigenvalue weighted by Gasteiger charge is -2.19. The largest absolute Gasteiger partial charge is 0.341 e. The highest BCUT2D eigenvalue weighted by Gasteiger charge is 2.18. The number of rotatable bonds is 4. The Morgan fingerprint density at radius 3 is 2.03 bits per heavy atom. The number of ketones is 1. The molecule has 0 aliphatic rings. The lowest BCUT2D eigenvalue weighted by Crippen LogP contribution is -2.11. The third-order valence-electron chi connectivity index (χ3n) is 5.65. The molecule has 4 rings (SSSR count). The number of nitrogens with zero attached hydrogens (tertiary/aromatic N) is 2. The average Bonchev–Trinajstić information content (AvgIpc) is 3.04. The van der Waals surface area contributed by atoms with Crippen LogP contribution in [0, 0.1) is 10.1 Å². The molecule has 152 valence electrons. The Hall–Kier alpha value is -3.47. The molecule has 0 fully saturated rings. The number of nitro benzene ring substituents is 1. The Bertz CT molecular complexity index is 1290. The maximum Gasteiger partial charge on any atom is 0.270 e. The Labute approximate surface area is 175 Å². The molecule has 0 spiro atoms. The molecule has 3 aromatic carbocycles. The molecular formula is C25H24N2O3. The highest BCUT2D eigenvalue weighted by atomic mass is 16.6. The molecule has 4 aromatic rings. The van der Waals surface area contributed by atoms with Crippen LogP contribution >= 0.6 is 0 Å². The van der Waals surface area contributed by atoms with Gasteiger partial charge in [-0.15, -0.1) is 0 Å². The Morgan fingerprint density at radius 1 is 0.900 bits per heavy atom. The summed E-state index contributed by atoms with van der Waals surface area (Å²) >= 11 is 0. The topological polar surface area (TPSA) is 65.1 Å². The van der Waals surface area contributed by atoms with Crippen LogP contribution in [0.4, 0.5) is 5.69 Å². The van der Waals surface area contributed by atoms with E-state index in [1.807, 2.05) is 49.4 Å². The summed E-state index contributed by atoms with van der Waals surface area (Å²) in [6, 6.07) is 18.3. The van der Waals surface area contributed by atoms with Gasteiger partial charge in [-0.25, -0.2) is 0 Å². The van der Waals surface area contributed by atoms with Crippen LogP contribution in [0.3, 0.4) is 0 Å². The molecule has 0 saturated heterocycles. The monoisotopic (exact) mass is 400 g/mol. The maximum atomic E-state index is 13.1. The number of hydrogen-bond donors (Lipinski definition) is 0. The minimum Gasteiger partial charge on any atom is -0.341 e. The van der Waals surface area contributed by atoms with E-state index in [1.54, 1.807) is 12.1 Å². The van der Waals surface area contributed by atoms with E-state index < -0.39 is 0 Å². The molecule has 0 N–H and O–H groups in total. The predicted molar refractivity (Wildman–Crippen MR) is 120 cm³/mol. The average molecular weight is 400 g/mol. The first-order valence-electron chi connectivity index (χ1n) is 10.1. The molecule has 1 heterocycles. The van der Waals surface area contributed by atoms with E-state index in [2.05, 4.69) is 25.3 Å². The number of benzene rings is 3. The zero-order valence-corrected chi connectivity index (χ0v) is 17.6. The van der Waals surface area contributed by atoms with Crippen molar-refractivity contribution in [2.75, 3.05) is 0 Å². The van der Waals surface area contributed by atoms with Crippen molar-refractivity contribution in [3.63, 3.8) is 0 Å². The van der Waals surface area contributed by atoms with Gasteiger partial charge in [-0.05, 0) is 42.2 Å². The molecule has 0 saturated carbocycles. The van der Waals surface area contributed by atoms with Gasteiger partial charge in [0.25, 0.3) is 5.69 Å². The highest BCUT2D eigenvalue weighted by molar-refractivity contribution is 6.15. The van der Waals surface area contributed by atoms with Gasteiger partial charge in [-0.3, -0.25) is 14.9 Å². The van der Waals surface area contributed by atoms with Gasteiger partial charge in [0, 0.05) is 51.6 Å². The zero-order chi connectivity index (χ0) is 21.6. The first kappa shape index (κ1) is 19.8. The van der Waals surface area contributed by atoms with Crippen molar-refractivity contribution in [3.05, 3.63) is 87.5 Å². The zero-order valence-electron chi connectivity index (χ0n) is 17.6. The van der Waals surface area contributed by atoms with Crippen LogP contribution in [0.1, 0.15) is 49.2 Å². The summed E-state index contributed by atoms with van der Waals surface area (Å²) in [5, 5.41) is 12.9. The summed E-state index contributed by atoms with van der Waals surface area (Å²) in [6.07, 6.45) is 0. The summed E-state index contributed by atoms with van der Waals surface area (Å²) in [6.45, 7) is 9.19. The maximum absolute atomic E-state index is 13.1. The fourth-order valence-corrected chi connectivity index (χ4v) is 3.98. The van der Waals surface area contributed by atoms with Gasteiger partial charge in [-0.1, -0.05) is 45.0 Å². The van der Waals surface area contributed by atoms with Crippen LogP contribution in [0.15, 0.2) is 60.7 Å². The molecule has 0 unspecified atom stereocenters. The molecule has 5 heteroatoms. The number of nitro groups is 1. The first-order valence-corrected chi connectivity index (χ1v) is 10.1. The van der Waals surface area contributed by atoms with Gasteiger partial charge in [0.15, 0.2) is 5.78 Å². The fraction of sp³-hybridized carbons (Fsp3) is 0.240. The second kappa shape index (κ2) is 7.10. The summed E-state index contributed by atoms with van der Waals surface area (Å²) in [7, 11) is 0. The highest BCUT2D eigenvalue weighted by Crippen LogP contribution is 2.33. The summed E-state index contributed by atoms with van der Waals surface area (Å²) in [5.74, 6) is -0.0554.